The number of benzene rings is 2. The molecular weight excluding hydrogens is 386 g/mol. The molecule has 0 unspecified atom stereocenters. The Kier molecular flexibility index (Phi) is 4.90. The Labute approximate surface area is 169 Å². The Balaban J connectivity index is 1.64. The highest BCUT2D eigenvalue weighted by atomic mass is 32.2. The number of aryl methyl sites for hydroxylation is 2. The molecule has 0 radical (unpaired) electrons. The predicted molar refractivity (Wildman–Crippen MR) is 113 cm³/mol. The molecule has 4 aromatic rings. The summed E-state index contributed by atoms with van der Waals surface area (Å²) in [6.45, 7) is 4.20. The maximum atomic E-state index is 11.9. The molecule has 2 aromatic heterocycles. The number of aromatic nitrogens is 2. The summed E-state index contributed by atoms with van der Waals surface area (Å²) in [4.78, 5) is 16.4. The van der Waals surface area contributed by atoms with Gasteiger partial charge < -0.3 is 4.40 Å². The lowest BCUT2D eigenvalue weighted by molar-refractivity contribution is 0.0982. The minimum absolute atomic E-state index is 0.241. The molecule has 146 valence electrons. The van der Waals surface area contributed by atoms with Gasteiger partial charge in [0, 0.05) is 18.0 Å². The Morgan fingerprint density at radius 3 is 2.24 bits per heavy atom. The van der Waals surface area contributed by atoms with E-state index < -0.39 is 16.8 Å². The van der Waals surface area contributed by atoms with Crippen LogP contribution in [0.1, 0.15) is 21.5 Å². The third kappa shape index (κ3) is 3.90. The van der Waals surface area contributed by atoms with Crippen LogP contribution in [0.4, 0.5) is 0 Å². The first-order valence-electron chi connectivity index (χ1n) is 9.03. The van der Waals surface area contributed by atoms with Crippen molar-refractivity contribution in [3.8, 4) is 22.4 Å². The van der Waals surface area contributed by atoms with Crippen molar-refractivity contribution < 1.29 is 13.2 Å². The van der Waals surface area contributed by atoms with Gasteiger partial charge in [0.2, 0.25) is 10.9 Å². The van der Waals surface area contributed by atoms with Gasteiger partial charge in [0.15, 0.2) is 0 Å². The van der Waals surface area contributed by atoms with E-state index in [2.05, 4.69) is 49.2 Å². The maximum Gasteiger partial charge on any atom is 0.266 e. The Morgan fingerprint density at radius 1 is 0.862 bits per heavy atom. The fourth-order valence-electron chi connectivity index (χ4n) is 3.17. The van der Waals surface area contributed by atoms with Crippen molar-refractivity contribution in [3.63, 3.8) is 0 Å². The number of nitrogens with one attached hydrogen (secondary N) is 1. The second kappa shape index (κ2) is 7.52. The normalized spacial score (nSPS) is 11.1. The number of pyridine rings is 1. The molecule has 29 heavy (non-hydrogen) atoms. The molecule has 6 nitrogen and oxygen atoms in total. The van der Waals surface area contributed by atoms with Crippen LogP contribution in [0.15, 0.2) is 67.0 Å². The summed E-state index contributed by atoms with van der Waals surface area (Å²) in [6, 6.07) is 17.8. The highest BCUT2D eigenvalue weighted by Gasteiger charge is 2.10. The van der Waals surface area contributed by atoms with E-state index in [4.69, 9.17) is 0 Å². The lowest BCUT2D eigenvalue weighted by atomic mass is 9.99. The number of hydrogen-bond acceptors (Lipinski definition) is 4. The Hall–Kier alpha value is -3.45. The lowest BCUT2D eigenvalue weighted by Gasteiger charge is -2.06. The molecule has 0 atom stereocenters. The first kappa shape index (κ1) is 18.9. The van der Waals surface area contributed by atoms with Gasteiger partial charge in [-0.3, -0.25) is 9.52 Å². The molecule has 0 bridgehead atoms. The number of hydrogen-bond donors (Lipinski definition) is 2. The summed E-state index contributed by atoms with van der Waals surface area (Å²) in [5, 5.41) is 0. The summed E-state index contributed by atoms with van der Waals surface area (Å²) >= 11 is 0. The molecular formula is C22H19N3O3S. The van der Waals surface area contributed by atoms with Gasteiger partial charge in [0.25, 0.3) is 5.91 Å². The molecule has 1 N–H and O–H groups in total. The second-order valence-corrected chi connectivity index (χ2v) is 7.62. The van der Waals surface area contributed by atoms with Gasteiger partial charge in [-0.05, 0) is 48.2 Å². The molecule has 0 saturated carbocycles. The Morgan fingerprint density at radius 2 is 1.55 bits per heavy atom. The quantitative estimate of drug-likeness (QED) is 0.509. The average molecular weight is 405 g/mol. The molecule has 1 amide bonds. The van der Waals surface area contributed by atoms with E-state index in [1.54, 1.807) is 22.7 Å². The zero-order valence-corrected chi connectivity index (χ0v) is 16.8. The van der Waals surface area contributed by atoms with Gasteiger partial charge in [0.1, 0.15) is 5.65 Å². The van der Waals surface area contributed by atoms with Gasteiger partial charge in [-0.2, -0.15) is 0 Å². The van der Waals surface area contributed by atoms with Gasteiger partial charge in [-0.15, -0.1) is 0 Å². The number of amides is 1. The molecule has 0 saturated heterocycles. The van der Waals surface area contributed by atoms with E-state index in [1.807, 2.05) is 23.1 Å². The molecule has 4 rings (SSSR count). The van der Waals surface area contributed by atoms with Gasteiger partial charge in [-0.25, -0.2) is 13.4 Å². The van der Waals surface area contributed by atoms with E-state index in [1.165, 1.54) is 16.7 Å². The van der Waals surface area contributed by atoms with E-state index in [-0.39, 0.29) is 5.56 Å². The molecule has 7 heteroatoms. The van der Waals surface area contributed by atoms with Crippen molar-refractivity contribution in [1.82, 2.24) is 14.1 Å². The van der Waals surface area contributed by atoms with E-state index in [9.17, 15) is 13.2 Å². The fraction of sp³-hybridized carbons (Fsp3) is 0.0909. The van der Waals surface area contributed by atoms with Crippen molar-refractivity contribution in [1.29, 1.82) is 0 Å². The molecule has 0 aliphatic carbocycles. The topological polar surface area (TPSA) is 80.5 Å². The van der Waals surface area contributed by atoms with Crippen molar-refractivity contribution >= 4 is 22.4 Å². The van der Waals surface area contributed by atoms with Crippen LogP contribution < -0.4 is 4.72 Å². The van der Waals surface area contributed by atoms with Crippen molar-refractivity contribution in [2.24, 2.45) is 0 Å². The largest absolute Gasteiger partial charge is 0.306 e. The first-order chi connectivity index (χ1) is 13.9. The molecule has 2 aromatic carbocycles. The summed E-state index contributed by atoms with van der Waals surface area (Å²) in [5.41, 5.74) is 7.46. The van der Waals surface area contributed by atoms with Crippen LogP contribution in [0.5, 0.6) is 0 Å². The average Bonchev–Trinajstić information content (AvgIpc) is 3.13. The third-order valence-corrected chi connectivity index (χ3v) is 5.31. The number of thiol groups is 1. The number of rotatable bonds is 4. The van der Waals surface area contributed by atoms with Crippen LogP contribution in [0.25, 0.3) is 28.0 Å². The summed E-state index contributed by atoms with van der Waals surface area (Å²) in [5.74, 6) is -0.670. The number of carbonyl (C=O) groups is 1. The van der Waals surface area contributed by atoms with Crippen LogP contribution in [0, 0.1) is 13.8 Å². The van der Waals surface area contributed by atoms with E-state index in [0.717, 1.165) is 16.8 Å². The molecule has 2 heterocycles. The van der Waals surface area contributed by atoms with Crippen LogP contribution in [-0.2, 0) is 10.9 Å². The molecule has 0 spiro atoms. The summed E-state index contributed by atoms with van der Waals surface area (Å²) < 4.78 is 25.0. The fourth-order valence-corrected chi connectivity index (χ4v) is 3.46. The SMILES string of the molecule is Cc1ccc(-c2ccc(-c3cn4cc(C(=O)N[SH](=O)=O)ccc4n3)cc2)cc1C. The van der Waals surface area contributed by atoms with Crippen LogP contribution in [0.3, 0.4) is 0 Å². The summed E-state index contributed by atoms with van der Waals surface area (Å²) in [6.07, 6.45) is 3.37. The second-order valence-electron chi connectivity index (χ2n) is 6.88. The third-order valence-electron chi connectivity index (χ3n) is 4.93. The molecule has 0 aliphatic heterocycles. The van der Waals surface area contributed by atoms with Crippen LogP contribution >= 0.6 is 0 Å². The van der Waals surface area contributed by atoms with Gasteiger partial charge in [-0.1, -0.05) is 42.5 Å². The Bertz CT molecular complexity index is 1300. The van der Waals surface area contributed by atoms with Crippen LogP contribution in [0.2, 0.25) is 0 Å². The standard InChI is InChI=1S/C22H19N3O3S/c1-14-3-4-18(11-15(14)2)16-5-7-17(8-6-16)20-13-25-12-19(9-10-21(25)23-20)22(26)24-29(27)28/h3-13,29H,1-2H3,(H,24,26,27,28). The van der Waals surface area contributed by atoms with Crippen molar-refractivity contribution in [3.05, 3.63) is 83.7 Å². The highest BCUT2D eigenvalue weighted by molar-refractivity contribution is 7.71. The van der Waals surface area contributed by atoms with Gasteiger partial charge >= 0.3 is 0 Å². The first-order valence-corrected chi connectivity index (χ1v) is 10.2. The number of imidazole rings is 1. The summed E-state index contributed by atoms with van der Waals surface area (Å²) in [7, 11) is -2.99. The monoisotopic (exact) mass is 405 g/mol. The van der Waals surface area contributed by atoms with Crippen molar-refractivity contribution in [2.75, 3.05) is 0 Å². The van der Waals surface area contributed by atoms with Crippen molar-refractivity contribution in [2.45, 2.75) is 13.8 Å². The number of fused-ring (bicyclic) bond motifs is 1. The number of nitrogens with zero attached hydrogens (tertiary/aromatic N) is 2. The van der Waals surface area contributed by atoms with Crippen LogP contribution in [-0.4, -0.2) is 23.7 Å². The van der Waals surface area contributed by atoms with E-state index >= 15 is 0 Å². The lowest BCUT2D eigenvalue weighted by Crippen LogP contribution is -2.21. The molecule has 0 aliphatic rings. The number of carbonyl (C=O) groups excluding carboxylic acids is 1. The zero-order chi connectivity index (χ0) is 20.5. The smallest absolute Gasteiger partial charge is 0.266 e. The minimum Gasteiger partial charge on any atom is -0.306 e. The maximum absolute atomic E-state index is 11.9. The highest BCUT2D eigenvalue weighted by Crippen LogP contribution is 2.26. The predicted octanol–water partition coefficient (Wildman–Crippen LogP) is 3.54. The minimum atomic E-state index is -2.99. The van der Waals surface area contributed by atoms with E-state index in [0.29, 0.717) is 5.65 Å². The zero-order valence-electron chi connectivity index (χ0n) is 15.9. The molecule has 0 fully saturated rings. The van der Waals surface area contributed by atoms with Gasteiger partial charge in [0.05, 0.1) is 11.3 Å².